The van der Waals surface area contributed by atoms with Crippen LogP contribution in [0.3, 0.4) is 0 Å². The van der Waals surface area contributed by atoms with Crippen molar-refractivity contribution in [1.29, 1.82) is 0 Å². The first-order valence-corrected chi connectivity index (χ1v) is 4.44. The number of aldehydes is 1. The third kappa shape index (κ3) is 3.28. The fourth-order valence-electron chi connectivity index (χ4n) is 0.974. The van der Waals surface area contributed by atoms with Gasteiger partial charge in [-0.15, -0.1) is 0 Å². The number of rotatable bonds is 5. The summed E-state index contributed by atoms with van der Waals surface area (Å²) >= 11 is 0. The van der Waals surface area contributed by atoms with E-state index in [1.54, 1.807) is 19.2 Å². The molecule has 0 aliphatic heterocycles. The molecule has 1 atom stereocenters. The highest BCUT2D eigenvalue weighted by Gasteiger charge is 1.99. The van der Waals surface area contributed by atoms with E-state index in [-0.39, 0.29) is 6.29 Å². The maximum Gasteiger partial charge on any atom is 0.154 e. The van der Waals surface area contributed by atoms with Crippen LogP contribution in [0.15, 0.2) is 24.3 Å². The number of hydrogen-bond donors (Lipinski definition) is 0. The third-order valence-corrected chi connectivity index (χ3v) is 1.93. The first-order chi connectivity index (χ1) is 6.76. The van der Waals surface area contributed by atoms with Crippen molar-refractivity contribution < 1.29 is 14.3 Å². The van der Waals surface area contributed by atoms with Crippen LogP contribution in [0.25, 0.3) is 0 Å². The maximum absolute atomic E-state index is 10.4. The van der Waals surface area contributed by atoms with Crippen molar-refractivity contribution in [1.82, 2.24) is 0 Å². The molecule has 1 aromatic rings. The van der Waals surface area contributed by atoms with Gasteiger partial charge in [-0.25, -0.2) is 0 Å². The summed E-state index contributed by atoms with van der Waals surface area (Å²) in [6, 6.07) is 7.27. The lowest BCUT2D eigenvalue weighted by atomic mass is 10.2. The second kappa shape index (κ2) is 5.52. The van der Waals surface area contributed by atoms with Gasteiger partial charge in [0.1, 0.15) is 6.29 Å². The Morgan fingerprint density at radius 3 is 2.50 bits per heavy atom. The molecule has 0 amide bonds. The van der Waals surface area contributed by atoms with Crippen molar-refractivity contribution in [2.45, 2.75) is 19.8 Å². The number of carbonyl (C=O) groups is 1. The maximum atomic E-state index is 10.4. The lowest BCUT2D eigenvalue weighted by Crippen LogP contribution is -2.09. The van der Waals surface area contributed by atoms with E-state index >= 15 is 0 Å². The van der Waals surface area contributed by atoms with Gasteiger partial charge in [0.2, 0.25) is 0 Å². The van der Waals surface area contributed by atoms with Gasteiger partial charge in [0, 0.05) is 12.7 Å². The molecule has 0 saturated heterocycles. The molecule has 0 saturated carbocycles. The summed E-state index contributed by atoms with van der Waals surface area (Å²) in [7, 11) is 1.60. The molecule has 76 valence electrons. The zero-order valence-corrected chi connectivity index (χ0v) is 8.40. The zero-order valence-electron chi connectivity index (χ0n) is 8.40. The molecule has 3 nitrogen and oxygen atoms in total. The molecule has 0 aliphatic rings. The van der Waals surface area contributed by atoms with Crippen LogP contribution in [-0.4, -0.2) is 19.7 Å². The Morgan fingerprint density at radius 1 is 1.36 bits per heavy atom. The van der Waals surface area contributed by atoms with Crippen LogP contribution >= 0.6 is 0 Å². The third-order valence-electron chi connectivity index (χ3n) is 1.93. The molecular formula is C11H14O3. The Hall–Kier alpha value is -1.19. The van der Waals surface area contributed by atoms with E-state index in [0.717, 1.165) is 11.8 Å². The minimum absolute atomic E-state index is 0.208. The predicted molar refractivity (Wildman–Crippen MR) is 53.1 cm³/mol. The molecule has 1 unspecified atom stereocenters. The average Bonchev–Trinajstić information content (AvgIpc) is 2.26. The van der Waals surface area contributed by atoms with Gasteiger partial charge >= 0.3 is 0 Å². The van der Waals surface area contributed by atoms with Crippen LogP contribution in [0.2, 0.25) is 0 Å². The van der Waals surface area contributed by atoms with Crippen LogP contribution < -0.4 is 0 Å². The summed E-state index contributed by atoms with van der Waals surface area (Å²) in [6.07, 6.45) is 0.614. The van der Waals surface area contributed by atoms with Gasteiger partial charge in [-0.05, 0) is 12.5 Å². The largest absolute Gasteiger partial charge is 0.356 e. The number of carbonyl (C=O) groups excluding carboxylic acids is 1. The van der Waals surface area contributed by atoms with E-state index in [2.05, 4.69) is 0 Å². The molecule has 0 N–H and O–H groups in total. The summed E-state index contributed by atoms with van der Waals surface area (Å²) in [4.78, 5) is 10.4. The summed E-state index contributed by atoms with van der Waals surface area (Å²) in [5.74, 6) is 0. The van der Waals surface area contributed by atoms with Crippen LogP contribution in [0.1, 0.15) is 22.8 Å². The van der Waals surface area contributed by atoms with Gasteiger partial charge in [0.15, 0.2) is 6.29 Å². The first-order valence-electron chi connectivity index (χ1n) is 4.44. The quantitative estimate of drug-likeness (QED) is 0.531. The summed E-state index contributed by atoms with van der Waals surface area (Å²) in [6.45, 7) is 2.33. The first kappa shape index (κ1) is 10.9. The van der Waals surface area contributed by atoms with E-state index in [4.69, 9.17) is 9.47 Å². The summed E-state index contributed by atoms with van der Waals surface area (Å²) < 4.78 is 10.3. The lowest BCUT2D eigenvalue weighted by Gasteiger charge is -2.10. The Morgan fingerprint density at radius 2 is 2.00 bits per heavy atom. The second-order valence-corrected chi connectivity index (χ2v) is 2.97. The Balaban J connectivity index is 2.47. The van der Waals surface area contributed by atoms with Crippen molar-refractivity contribution in [2.24, 2.45) is 0 Å². The van der Waals surface area contributed by atoms with Crippen molar-refractivity contribution in [3.8, 4) is 0 Å². The van der Waals surface area contributed by atoms with Crippen LogP contribution in [0.4, 0.5) is 0 Å². The molecule has 0 spiro atoms. The molecule has 14 heavy (non-hydrogen) atoms. The topological polar surface area (TPSA) is 35.5 Å². The van der Waals surface area contributed by atoms with Crippen LogP contribution in [-0.2, 0) is 16.1 Å². The lowest BCUT2D eigenvalue weighted by molar-refractivity contribution is -0.118. The van der Waals surface area contributed by atoms with Crippen molar-refractivity contribution >= 4 is 6.29 Å². The van der Waals surface area contributed by atoms with Crippen LogP contribution in [0.5, 0.6) is 0 Å². The van der Waals surface area contributed by atoms with E-state index in [1.807, 2.05) is 19.1 Å². The summed E-state index contributed by atoms with van der Waals surface area (Å²) in [5.41, 5.74) is 1.70. The molecule has 0 fully saturated rings. The Bertz CT molecular complexity index is 279. The van der Waals surface area contributed by atoms with Crippen molar-refractivity contribution in [2.75, 3.05) is 7.11 Å². The van der Waals surface area contributed by atoms with Gasteiger partial charge in [0.05, 0.1) is 6.61 Å². The summed E-state index contributed by atoms with van der Waals surface area (Å²) in [5, 5.41) is 0. The fraction of sp³-hybridized carbons (Fsp3) is 0.364. The molecule has 0 radical (unpaired) electrons. The normalized spacial score (nSPS) is 12.4. The SMILES string of the molecule is COC(C)OCc1ccc(C=O)cc1. The monoisotopic (exact) mass is 194 g/mol. The molecule has 0 aliphatic carbocycles. The number of hydrogen-bond acceptors (Lipinski definition) is 3. The highest BCUT2D eigenvalue weighted by molar-refractivity contribution is 5.74. The minimum Gasteiger partial charge on any atom is -0.356 e. The van der Waals surface area contributed by atoms with Crippen LogP contribution in [0, 0.1) is 0 Å². The van der Waals surface area contributed by atoms with Gasteiger partial charge in [-0.2, -0.15) is 0 Å². The van der Waals surface area contributed by atoms with Crippen molar-refractivity contribution in [3.63, 3.8) is 0 Å². The molecular weight excluding hydrogens is 180 g/mol. The van der Waals surface area contributed by atoms with E-state index in [9.17, 15) is 4.79 Å². The highest BCUT2D eigenvalue weighted by Crippen LogP contribution is 2.05. The molecule has 0 aromatic heterocycles. The molecule has 1 aromatic carbocycles. The van der Waals surface area contributed by atoms with Gasteiger partial charge < -0.3 is 9.47 Å². The number of ether oxygens (including phenoxy) is 2. The number of methoxy groups -OCH3 is 1. The average molecular weight is 194 g/mol. The smallest absolute Gasteiger partial charge is 0.154 e. The second-order valence-electron chi connectivity index (χ2n) is 2.97. The number of benzene rings is 1. The Kier molecular flexibility index (Phi) is 4.29. The molecule has 1 rings (SSSR count). The molecule has 3 heteroatoms. The van der Waals surface area contributed by atoms with Crippen molar-refractivity contribution in [3.05, 3.63) is 35.4 Å². The van der Waals surface area contributed by atoms with E-state index < -0.39 is 0 Å². The van der Waals surface area contributed by atoms with E-state index in [1.165, 1.54) is 0 Å². The minimum atomic E-state index is -0.208. The fourth-order valence-corrected chi connectivity index (χ4v) is 0.974. The standard InChI is InChI=1S/C11H14O3/c1-9(13-2)14-8-11-5-3-10(7-12)4-6-11/h3-7,9H,8H2,1-2H3. The highest BCUT2D eigenvalue weighted by atomic mass is 16.7. The van der Waals surface area contributed by atoms with Gasteiger partial charge in [0.25, 0.3) is 0 Å². The molecule has 0 heterocycles. The Labute approximate surface area is 83.6 Å². The van der Waals surface area contributed by atoms with E-state index in [0.29, 0.717) is 12.2 Å². The predicted octanol–water partition coefficient (Wildman–Crippen LogP) is 2.01. The van der Waals surface area contributed by atoms with Gasteiger partial charge in [-0.3, -0.25) is 4.79 Å². The zero-order chi connectivity index (χ0) is 10.4. The van der Waals surface area contributed by atoms with Gasteiger partial charge in [-0.1, -0.05) is 24.3 Å². The molecule has 0 bridgehead atoms.